The molecule has 0 radical (unpaired) electrons. The molecule has 1 spiro atoms. The van der Waals surface area contributed by atoms with Crippen LogP contribution in [0.5, 0.6) is 0 Å². The standard InChI is InChI=1S/C29H25ClF2N4O6/c1-41-27(39)33-19-6-3-17(4-7-19)25(37)34-24(13-16-2-8-21(31)22(32)12-16)26(38)36-11-10-29(15-36)20-14-18(30)5-9-23(20)35-28(40)42-29/h2-9,12,14,24H,10-11,13,15H2,1H3,(H,33,39)(H,34,37)(H,35,40)/t24-,29?/m0/s1. The fourth-order valence-electron chi connectivity index (χ4n) is 5.08. The number of fused-ring (bicyclic) bond motifs is 2. The lowest BCUT2D eigenvalue weighted by atomic mass is 9.90. The van der Waals surface area contributed by atoms with Crippen LogP contribution in [0.25, 0.3) is 0 Å². The summed E-state index contributed by atoms with van der Waals surface area (Å²) in [6.07, 6.45) is -1.22. The number of carbonyl (C=O) groups excluding carboxylic acids is 4. The van der Waals surface area contributed by atoms with Crippen molar-refractivity contribution in [2.45, 2.75) is 24.5 Å². The number of anilines is 2. The smallest absolute Gasteiger partial charge is 0.412 e. The van der Waals surface area contributed by atoms with E-state index < -0.39 is 47.3 Å². The summed E-state index contributed by atoms with van der Waals surface area (Å²) in [6, 6.07) is 12.9. The molecule has 4 amide bonds. The monoisotopic (exact) mass is 598 g/mol. The molecule has 1 fully saturated rings. The van der Waals surface area contributed by atoms with Gasteiger partial charge < -0.3 is 19.7 Å². The Labute approximate surface area is 243 Å². The zero-order valence-corrected chi connectivity index (χ0v) is 23.0. The molecule has 3 aromatic carbocycles. The van der Waals surface area contributed by atoms with Crippen LogP contribution in [0.2, 0.25) is 5.02 Å². The van der Waals surface area contributed by atoms with Gasteiger partial charge in [-0.05, 0) is 60.2 Å². The first-order valence-electron chi connectivity index (χ1n) is 12.9. The van der Waals surface area contributed by atoms with Gasteiger partial charge in [0.1, 0.15) is 6.04 Å². The number of nitrogens with one attached hydrogen (secondary N) is 3. The van der Waals surface area contributed by atoms with Gasteiger partial charge in [-0.15, -0.1) is 0 Å². The van der Waals surface area contributed by atoms with Crippen molar-refractivity contribution in [1.29, 1.82) is 0 Å². The van der Waals surface area contributed by atoms with Crippen molar-refractivity contribution < 1.29 is 37.4 Å². The minimum atomic E-state index is -1.18. The third-order valence-electron chi connectivity index (χ3n) is 7.15. The van der Waals surface area contributed by atoms with Crippen LogP contribution in [0.1, 0.15) is 27.9 Å². The highest BCUT2D eigenvalue weighted by atomic mass is 35.5. The molecule has 1 unspecified atom stereocenters. The zero-order chi connectivity index (χ0) is 30.0. The van der Waals surface area contributed by atoms with Crippen LogP contribution in [-0.4, -0.2) is 55.1 Å². The van der Waals surface area contributed by atoms with Crippen LogP contribution in [0, 0.1) is 11.6 Å². The minimum Gasteiger partial charge on any atom is -0.453 e. The maximum Gasteiger partial charge on any atom is 0.412 e. The van der Waals surface area contributed by atoms with Gasteiger partial charge in [0, 0.05) is 41.2 Å². The summed E-state index contributed by atoms with van der Waals surface area (Å²) in [4.78, 5) is 52.3. The van der Waals surface area contributed by atoms with Gasteiger partial charge in [-0.25, -0.2) is 18.4 Å². The fourth-order valence-corrected chi connectivity index (χ4v) is 5.25. The Morgan fingerprint density at radius 2 is 1.86 bits per heavy atom. The van der Waals surface area contributed by atoms with Gasteiger partial charge in [-0.2, -0.15) is 0 Å². The number of amides is 4. The Balaban J connectivity index is 1.39. The molecule has 3 N–H and O–H groups in total. The SMILES string of the molecule is COC(=O)Nc1ccc(C(=O)N[C@@H](Cc2ccc(F)c(F)c2)C(=O)N2CCC3(C2)OC(=O)Nc2ccc(Cl)cc23)cc1. The molecule has 0 bridgehead atoms. The van der Waals surface area contributed by atoms with Crippen LogP contribution >= 0.6 is 11.6 Å². The summed E-state index contributed by atoms with van der Waals surface area (Å²) in [5, 5.41) is 8.22. The number of nitrogens with zero attached hydrogens (tertiary/aromatic N) is 1. The molecular formula is C29H25ClF2N4O6. The van der Waals surface area contributed by atoms with E-state index in [2.05, 4.69) is 20.7 Å². The number of methoxy groups -OCH3 is 1. The summed E-state index contributed by atoms with van der Waals surface area (Å²) < 4.78 is 37.8. The van der Waals surface area contributed by atoms with E-state index in [1.54, 1.807) is 18.2 Å². The van der Waals surface area contributed by atoms with Crippen molar-refractivity contribution >= 4 is 47.0 Å². The maximum absolute atomic E-state index is 14.0. The van der Waals surface area contributed by atoms with E-state index in [4.69, 9.17) is 16.3 Å². The summed E-state index contributed by atoms with van der Waals surface area (Å²) >= 11 is 6.22. The lowest BCUT2D eigenvalue weighted by Gasteiger charge is -2.35. The summed E-state index contributed by atoms with van der Waals surface area (Å²) in [6.45, 7) is 0.181. The van der Waals surface area contributed by atoms with E-state index in [1.807, 2.05) is 0 Å². The highest BCUT2D eigenvalue weighted by molar-refractivity contribution is 6.30. The lowest BCUT2D eigenvalue weighted by Crippen LogP contribution is -2.50. The van der Waals surface area contributed by atoms with Crippen molar-refractivity contribution in [3.63, 3.8) is 0 Å². The molecule has 2 atom stereocenters. The van der Waals surface area contributed by atoms with Crippen LogP contribution in [0.3, 0.4) is 0 Å². The predicted molar refractivity (Wildman–Crippen MR) is 148 cm³/mol. The van der Waals surface area contributed by atoms with Crippen LogP contribution < -0.4 is 16.0 Å². The maximum atomic E-state index is 14.0. The van der Waals surface area contributed by atoms with E-state index in [0.717, 1.165) is 12.1 Å². The Morgan fingerprint density at radius 1 is 1.10 bits per heavy atom. The number of hydrogen-bond acceptors (Lipinski definition) is 6. The summed E-state index contributed by atoms with van der Waals surface area (Å²) in [5.74, 6) is -3.25. The molecule has 13 heteroatoms. The highest BCUT2D eigenvalue weighted by Crippen LogP contribution is 2.44. The Hall–Kier alpha value is -4.71. The molecule has 1 saturated heterocycles. The molecule has 2 aliphatic rings. The van der Waals surface area contributed by atoms with Gasteiger partial charge in [-0.1, -0.05) is 17.7 Å². The van der Waals surface area contributed by atoms with Gasteiger partial charge in [0.25, 0.3) is 5.91 Å². The number of hydrogen-bond donors (Lipinski definition) is 3. The van der Waals surface area contributed by atoms with E-state index >= 15 is 0 Å². The average molecular weight is 599 g/mol. The number of ether oxygens (including phenoxy) is 2. The Bertz CT molecular complexity index is 1570. The number of benzene rings is 3. The number of halogens is 3. The van der Waals surface area contributed by atoms with Crippen LogP contribution in [-0.2, 0) is 26.3 Å². The quantitative estimate of drug-likeness (QED) is 0.373. The molecule has 10 nitrogen and oxygen atoms in total. The molecule has 5 rings (SSSR count). The topological polar surface area (TPSA) is 126 Å². The largest absolute Gasteiger partial charge is 0.453 e. The molecule has 2 heterocycles. The fraction of sp³-hybridized carbons (Fsp3) is 0.241. The second kappa shape index (κ2) is 11.6. The van der Waals surface area contributed by atoms with Gasteiger partial charge in [0.15, 0.2) is 17.2 Å². The molecule has 0 saturated carbocycles. The summed E-state index contributed by atoms with van der Waals surface area (Å²) in [5.41, 5.74) is 0.823. The normalized spacial score (nSPS) is 18.0. The van der Waals surface area contributed by atoms with Crippen molar-refractivity contribution in [3.05, 3.63) is 94.0 Å². The number of carbonyl (C=O) groups is 4. The van der Waals surface area contributed by atoms with E-state index in [-0.39, 0.29) is 37.1 Å². The lowest BCUT2D eigenvalue weighted by molar-refractivity contribution is -0.133. The predicted octanol–water partition coefficient (Wildman–Crippen LogP) is 4.83. The van der Waals surface area contributed by atoms with E-state index in [0.29, 0.717) is 22.0 Å². The van der Waals surface area contributed by atoms with Gasteiger partial charge in [-0.3, -0.25) is 20.2 Å². The van der Waals surface area contributed by atoms with Gasteiger partial charge >= 0.3 is 12.2 Å². The molecule has 42 heavy (non-hydrogen) atoms. The van der Waals surface area contributed by atoms with Gasteiger partial charge in [0.05, 0.1) is 19.3 Å². The molecule has 218 valence electrons. The molecule has 3 aromatic rings. The van der Waals surface area contributed by atoms with Gasteiger partial charge in [0.2, 0.25) is 5.91 Å². The molecule has 2 aliphatic heterocycles. The first kappa shape index (κ1) is 28.8. The van der Waals surface area contributed by atoms with E-state index in [9.17, 15) is 28.0 Å². The second-order valence-electron chi connectivity index (χ2n) is 9.88. The third-order valence-corrected chi connectivity index (χ3v) is 7.38. The molecule has 0 aromatic heterocycles. The second-order valence-corrected chi connectivity index (χ2v) is 10.3. The third kappa shape index (κ3) is 5.98. The Kier molecular flexibility index (Phi) is 7.99. The van der Waals surface area contributed by atoms with Crippen molar-refractivity contribution in [2.75, 3.05) is 30.8 Å². The van der Waals surface area contributed by atoms with Crippen molar-refractivity contribution in [1.82, 2.24) is 10.2 Å². The first-order chi connectivity index (χ1) is 20.1. The summed E-state index contributed by atoms with van der Waals surface area (Å²) in [7, 11) is 1.21. The van der Waals surface area contributed by atoms with E-state index in [1.165, 1.54) is 42.3 Å². The molecule has 0 aliphatic carbocycles. The zero-order valence-electron chi connectivity index (χ0n) is 22.2. The number of rotatable bonds is 6. The average Bonchev–Trinajstić information content (AvgIpc) is 3.39. The highest BCUT2D eigenvalue weighted by Gasteiger charge is 2.49. The molecular weight excluding hydrogens is 574 g/mol. The van der Waals surface area contributed by atoms with Crippen LogP contribution in [0.4, 0.5) is 29.7 Å². The van der Waals surface area contributed by atoms with Crippen LogP contribution in [0.15, 0.2) is 60.7 Å². The van der Waals surface area contributed by atoms with Crippen molar-refractivity contribution in [2.24, 2.45) is 0 Å². The minimum absolute atomic E-state index is 0.00929. The first-order valence-corrected chi connectivity index (χ1v) is 13.2. The van der Waals surface area contributed by atoms with Crippen molar-refractivity contribution in [3.8, 4) is 0 Å². The number of likely N-dealkylation sites (tertiary alicyclic amines) is 1. The Morgan fingerprint density at radius 3 is 2.57 bits per heavy atom.